The van der Waals surface area contributed by atoms with Crippen LogP contribution in [-0.2, 0) is 0 Å². The predicted molar refractivity (Wildman–Crippen MR) is 227 cm³/mol. The van der Waals surface area contributed by atoms with Crippen LogP contribution < -0.4 is 0 Å². The van der Waals surface area contributed by atoms with Gasteiger partial charge in [-0.25, -0.2) is 15.0 Å². The van der Waals surface area contributed by atoms with Gasteiger partial charge < -0.3 is 8.83 Å². The normalized spacial score (nSPS) is 11.6. The number of nitrogens with zero attached hydrogens (tertiary/aromatic N) is 3. The molecular weight excluding hydrogens is 687 g/mol. The first-order valence-electron chi connectivity index (χ1n) is 18.7. The van der Waals surface area contributed by atoms with E-state index in [-0.39, 0.29) is 0 Å². The molecule has 0 aliphatic heterocycles. The highest BCUT2D eigenvalue weighted by Gasteiger charge is 2.20. The molecule has 0 bridgehead atoms. The van der Waals surface area contributed by atoms with Gasteiger partial charge in [0.05, 0.1) is 5.56 Å². The lowest BCUT2D eigenvalue weighted by molar-refractivity contribution is 0.669. The fraction of sp³-hybridized carbons (Fsp3) is 0. The Kier molecular flexibility index (Phi) is 7.42. The molecule has 0 saturated heterocycles. The van der Waals surface area contributed by atoms with Gasteiger partial charge in [-0.3, -0.25) is 0 Å². The summed E-state index contributed by atoms with van der Waals surface area (Å²) >= 11 is 0. The second kappa shape index (κ2) is 13.0. The van der Waals surface area contributed by atoms with Gasteiger partial charge in [0.1, 0.15) is 22.3 Å². The zero-order valence-corrected chi connectivity index (χ0v) is 30.1. The minimum absolute atomic E-state index is 0.547. The highest BCUT2D eigenvalue weighted by Crippen LogP contribution is 2.43. The maximum Gasteiger partial charge on any atom is 0.167 e. The molecule has 0 unspecified atom stereocenters. The van der Waals surface area contributed by atoms with Crippen molar-refractivity contribution in [2.24, 2.45) is 0 Å². The van der Waals surface area contributed by atoms with Crippen molar-refractivity contribution in [3.05, 3.63) is 188 Å². The van der Waals surface area contributed by atoms with E-state index in [2.05, 4.69) is 127 Å². The first kappa shape index (κ1) is 31.9. The van der Waals surface area contributed by atoms with E-state index in [4.69, 9.17) is 23.8 Å². The molecule has 11 aromatic rings. The van der Waals surface area contributed by atoms with Gasteiger partial charge in [-0.1, -0.05) is 146 Å². The fourth-order valence-corrected chi connectivity index (χ4v) is 7.83. The second-order valence-corrected chi connectivity index (χ2v) is 14.0. The van der Waals surface area contributed by atoms with Gasteiger partial charge in [0.15, 0.2) is 17.5 Å². The SMILES string of the molecule is c1ccc(-c2cccc(-c3nc(-c4ccccc4)nc(-c4cccc5c4oc4ccc(-c6cc(-c7ccccc7)cc7oc8ccccc8c67)cc45)n3)c2)cc1. The third-order valence-corrected chi connectivity index (χ3v) is 10.5. The highest BCUT2D eigenvalue weighted by molar-refractivity contribution is 6.16. The molecule has 0 amide bonds. The number of hydrogen-bond donors (Lipinski definition) is 0. The molecule has 0 N–H and O–H groups in total. The third-order valence-electron chi connectivity index (χ3n) is 10.5. The largest absolute Gasteiger partial charge is 0.456 e. The summed E-state index contributed by atoms with van der Waals surface area (Å²) < 4.78 is 13.2. The van der Waals surface area contributed by atoms with Gasteiger partial charge in [0.25, 0.3) is 0 Å². The van der Waals surface area contributed by atoms with E-state index in [1.165, 1.54) is 0 Å². The Morgan fingerprint density at radius 2 is 0.875 bits per heavy atom. The smallest absolute Gasteiger partial charge is 0.167 e. The van der Waals surface area contributed by atoms with E-state index in [9.17, 15) is 0 Å². The third kappa shape index (κ3) is 5.45. The molecule has 8 aromatic carbocycles. The second-order valence-electron chi connectivity index (χ2n) is 14.0. The van der Waals surface area contributed by atoms with Gasteiger partial charge in [-0.2, -0.15) is 0 Å². The fourth-order valence-electron chi connectivity index (χ4n) is 7.83. The minimum atomic E-state index is 0.547. The highest BCUT2D eigenvalue weighted by atomic mass is 16.3. The molecule has 0 atom stereocenters. The Hall–Kier alpha value is -7.63. The summed E-state index contributed by atoms with van der Waals surface area (Å²) in [7, 11) is 0. The van der Waals surface area contributed by atoms with E-state index in [1.54, 1.807) is 0 Å². The zero-order valence-electron chi connectivity index (χ0n) is 30.1. The van der Waals surface area contributed by atoms with Crippen LogP contribution in [0.25, 0.3) is 111 Å². The Morgan fingerprint density at radius 1 is 0.286 bits per heavy atom. The molecule has 0 radical (unpaired) electrons. The van der Waals surface area contributed by atoms with Crippen molar-refractivity contribution in [2.45, 2.75) is 0 Å². The first-order chi connectivity index (χ1) is 27.7. The quantitative estimate of drug-likeness (QED) is 0.171. The number of furan rings is 2. The summed E-state index contributed by atoms with van der Waals surface area (Å²) in [6.07, 6.45) is 0. The molecular formula is C51H31N3O2. The van der Waals surface area contributed by atoms with Gasteiger partial charge in [-0.05, 0) is 75.8 Å². The molecule has 0 spiro atoms. The summed E-state index contributed by atoms with van der Waals surface area (Å²) in [6.45, 7) is 0. The maximum absolute atomic E-state index is 6.71. The van der Waals surface area contributed by atoms with Crippen LogP contribution in [0.4, 0.5) is 0 Å². The number of aromatic nitrogens is 3. The number of fused-ring (bicyclic) bond motifs is 6. The van der Waals surface area contributed by atoms with E-state index < -0.39 is 0 Å². The van der Waals surface area contributed by atoms with Crippen LogP contribution in [-0.4, -0.2) is 15.0 Å². The molecule has 5 heteroatoms. The summed E-state index contributed by atoms with van der Waals surface area (Å²) in [5.74, 6) is 1.74. The van der Waals surface area contributed by atoms with E-state index >= 15 is 0 Å². The van der Waals surface area contributed by atoms with Crippen LogP contribution in [0.1, 0.15) is 0 Å². The van der Waals surface area contributed by atoms with E-state index in [0.717, 1.165) is 93.9 Å². The molecule has 262 valence electrons. The van der Waals surface area contributed by atoms with Crippen molar-refractivity contribution < 1.29 is 8.83 Å². The summed E-state index contributed by atoms with van der Waals surface area (Å²) in [5, 5.41) is 4.18. The van der Waals surface area contributed by atoms with Gasteiger partial charge in [0, 0.05) is 32.7 Å². The molecule has 5 nitrogen and oxygen atoms in total. The van der Waals surface area contributed by atoms with E-state index in [0.29, 0.717) is 17.5 Å². The van der Waals surface area contributed by atoms with Crippen molar-refractivity contribution in [1.82, 2.24) is 15.0 Å². The summed E-state index contributed by atoms with van der Waals surface area (Å²) in [6, 6.07) is 64.5. The first-order valence-corrected chi connectivity index (χ1v) is 18.7. The van der Waals surface area contributed by atoms with Crippen LogP contribution in [0.3, 0.4) is 0 Å². The predicted octanol–water partition coefficient (Wildman–Crippen LogP) is 13.7. The van der Waals surface area contributed by atoms with Crippen molar-refractivity contribution in [1.29, 1.82) is 0 Å². The van der Waals surface area contributed by atoms with Crippen molar-refractivity contribution in [2.75, 3.05) is 0 Å². The van der Waals surface area contributed by atoms with Crippen molar-refractivity contribution >= 4 is 43.9 Å². The monoisotopic (exact) mass is 717 g/mol. The van der Waals surface area contributed by atoms with Crippen molar-refractivity contribution in [3.63, 3.8) is 0 Å². The van der Waals surface area contributed by atoms with Crippen LogP contribution in [0.15, 0.2) is 197 Å². The maximum atomic E-state index is 6.71. The average molecular weight is 718 g/mol. The lowest BCUT2D eigenvalue weighted by atomic mass is 9.93. The average Bonchev–Trinajstić information content (AvgIpc) is 3.85. The summed E-state index contributed by atoms with van der Waals surface area (Å²) in [4.78, 5) is 15.2. The van der Waals surface area contributed by atoms with Crippen LogP contribution in [0.2, 0.25) is 0 Å². The molecule has 0 saturated carbocycles. The molecule has 0 aliphatic rings. The molecule has 3 heterocycles. The van der Waals surface area contributed by atoms with Gasteiger partial charge in [0.2, 0.25) is 0 Å². The number of benzene rings is 8. The molecule has 0 aliphatic carbocycles. The Balaban J connectivity index is 1.09. The Labute approximate surface area is 322 Å². The standard InChI is InChI=1S/C51H31N3O2/c1-4-14-32(15-5-1)35-20-12-21-37(28-35)50-52-49(34-18-8-3-9-19-34)53-51(54-50)41-24-13-23-39-43-29-36(26-27-45(43)56-48(39)41)42-30-38(33-16-6-2-7-17-33)31-46-47(42)40-22-10-11-25-44(40)55-46/h1-31H. The number of hydrogen-bond acceptors (Lipinski definition) is 5. The van der Waals surface area contributed by atoms with E-state index in [1.807, 2.05) is 60.7 Å². The van der Waals surface area contributed by atoms with Crippen LogP contribution >= 0.6 is 0 Å². The topological polar surface area (TPSA) is 65.0 Å². The Morgan fingerprint density at radius 3 is 1.66 bits per heavy atom. The lowest BCUT2D eigenvalue weighted by Crippen LogP contribution is -2.00. The molecule has 3 aromatic heterocycles. The number of rotatable bonds is 6. The lowest BCUT2D eigenvalue weighted by Gasteiger charge is -2.10. The molecule has 0 fully saturated rings. The van der Waals surface area contributed by atoms with Gasteiger partial charge >= 0.3 is 0 Å². The number of para-hydroxylation sites is 2. The van der Waals surface area contributed by atoms with Crippen LogP contribution in [0.5, 0.6) is 0 Å². The van der Waals surface area contributed by atoms with Crippen LogP contribution in [0, 0.1) is 0 Å². The Bertz CT molecular complexity index is 3240. The molecule has 11 rings (SSSR count). The minimum Gasteiger partial charge on any atom is -0.456 e. The van der Waals surface area contributed by atoms with Gasteiger partial charge in [-0.15, -0.1) is 0 Å². The zero-order chi connectivity index (χ0) is 37.0. The summed E-state index contributed by atoms with van der Waals surface area (Å²) in [5.41, 5.74) is 12.5. The molecule has 56 heavy (non-hydrogen) atoms. The van der Waals surface area contributed by atoms with Crippen molar-refractivity contribution in [3.8, 4) is 67.5 Å².